The van der Waals surface area contributed by atoms with E-state index in [9.17, 15) is 9.59 Å². The summed E-state index contributed by atoms with van der Waals surface area (Å²) in [5.41, 5.74) is 1.09. The topological polar surface area (TPSA) is 81.9 Å². The first-order valence-corrected chi connectivity index (χ1v) is 12.8. The second-order valence-corrected chi connectivity index (χ2v) is 10.9. The molecule has 0 atom stereocenters. The van der Waals surface area contributed by atoms with E-state index in [0.29, 0.717) is 24.0 Å². The molecule has 0 unspecified atom stereocenters. The van der Waals surface area contributed by atoms with Gasteiger partial charge in [-0.3, -0.25) is 9.69 Å². The quantitative estimate of drug-likeness (QED) is 0.643. The number of aromatic nitrogens is 1. The SMILES string of the molecule is Cc1cc(NC(=O)CN2C[C@]3(CC[C@@](c4ccccc4)(N(C)C)CC3)N(CC3CCC3)C2=O)no1. The molecule has 1 aliphatic heterocycles. The fraction of sp³-hybridized carbons (Fsp3) is 0.593. The molecule has 1 saturated heterocycles. The second-order valence-electron chi connectivity index (χ2n) is 10.9. The van der Waals surface area contributed by atoms with Crippen molar-refractivity contribution in [3.8, 4) is 0 Å². The average Bonchev–Trinajstić information content (AvgIpc) is 3.32. The molecule has 0 bridgehead atoms. The van der Waals surface area contributed by atoms with Gasteiger partial charge in [0.15, 0.2) is 5.82 Å². The first-order valence-electron chi connectivity index (χ1n) is 12.8. The lowest BCUT2D eigenvalue weighted by Gasteiger charge is -2.51. The molecule has 2 saturated carbocycles. The van der Waals surface area contributed by atoms with Gasteiger partial charge in [-0.05, 0) is 71.0 Å². The number of amides is 3. The van der Waals surface area contributed by atoms with Crippen molar-refractivity contribution in [1.29, 1.82) is 0 Å². The molecule has 2 aromatic rings. The van der Waals surface area contributed by atoms with Gasteiger partial charge in [-0.1, -0.05) is 41.9 Å². The van der Waals surface area contributed by atoms with E-state index < -0.39 is 0 Å². The van der Waals surface area contributed by atoms with Gasteiger partial charge in [0.25, 0.3) is 0 Å². The zero-order valence-electron chi connectivity index (χ0n) is 21.1. The van der Waals surface area contributed by atoms with Crippen LogP contribution in [0.5, 0.6) is 0 Å². The number of nitrogens with zero attached hydrogens (tertiary/aromatic N) is 4. The Bertz CT molecular complexity index is 1050. The summed E-state index contributed by atoms with van der Waals surface area (Å²) in [6, 6.07) is 12.4. The number of nitrogens with one attached hydrogen (secondary N) is 1. The lowest BCUT2D eigenvalue weighted by Crippen LogP contribution is -2.56. The van der Waals surface area contributed by atoms with Gasteiger partial charge in [0.2, 0.25) is 5.91 Å². The molecule has 8 heteroatoms. The average molecular weight is 480 g/mol. The molecule has 0 radical (unpaired) electrons. The van der Waals surface area contributed by atoms with Crippen molar-refractivity contribution in [2.24, 2.45) is 5.92 Å². The Labute approximate surface area is 207 Å². The summed E-state index contributed by atoms with van der Waals surface area (Å²) in [4.78, 5) is 32.6. The predicted octanol–water partition coefficient (Wildman–Crippen LogP) is 4.23. The van der Waals surface area contributed by atoms with E-state index in [4.69, 9.17) is 4.52 Å². The molecule has 3 fully saturated rings. The zero-order chi connectivity index (χ0) is 24.6. The van der Waals surface area contributed by atoms with Crippen LogP contribution in [0.1, 0.15) is 56.3 Å². The molecule has 8 nitrogen and oxygen atoms in total. The number of benzene rings is 1. The van der Waals surface area contributed by atoms with Gasteiger partial charge in [-0.15, -0.1) is 0 Å². The Hall–Kier alpha value is -2.87. The van der Waals surface area contributed by atoms with Gasteiger partial charge in [0.05, 0.1) is 5.54 Å². The van der Waals surface area contributed by atoms with Crippen LogP contribution >= 0.6 is 0 Å². The number of hydrogen-bond donors (Lipinski definition) is 1. The zero-order valence-corrected chi connectivity index (χ0v) is 21.1. The Morgan fingerprint density at radius 3 is 2.46 bits per heavy atom. The maximum Gasteiger partial charge on any atom is 0.321 e. The van der Waals surface area contributed by atoms with Crippen molar-refractivity contribution >= 4 is 17.8 Å². The third-order valence-corrected chi connectivity index (χ3v) is 8.63. The van der Waals surface area contributed by atoms with Crippen molar-refractivity contribution in [2.45, 2.75) is 62.9 Å². The van der Waals surface area contributed by atoms with Crippen LogP contribution in [0.15, 0.2) is 40.9 Å². The third kappa shape index (κ3) is 4.44. The van der Waals surface area contributed by atoms with E-state index in [1.54, 1.807) is 17.9 Å². The molecule has 5 rings (SSSR count). The molecule has 3 amide bonds. The highest BCUT2D eigenvalue weighted by Gasteiger charge is 2.55. The number of urea groups is 1. The van der Waals surface area contributed by atoms with E-state index in [1.807, 2.05) is 0 Å². The summed E-state index contributed by atoms with van der Waals surface area (Å²) < 4.78 is 5.04. The van der Waals surface area contributed by atoms with Gasteiger partial charge in [0.1, 0.15) is 12.3 Å². The number of aryl methyl sites for hydroxylation is 1. The smallest absolute Gasteiger partial charge is 0.321 e. The molecule has 188 valence electrons. The van der Waals surface area contributed by atoms with Crippen LogP contribution in [-0.4, -0.2) is 71.1 Å². The molecular weight excluding hydrogens is 442 g/mol. The van der Waals surface area contributed by atoms with Crippen LogP contribution in [0.4, 0.5) is 10.6 Å². The highest BCUT2D eigenvalue weighted by Crippen LogP contribution is 2.49. The maximum atomic E-state index is 13.6. The Balaban J connectivity index is 1.34. The molecular formula is C27H37N5O3. The molecule has 1 aromatic carbocycles. The molecule has 2 aliphatic carbocycles. The standard InChI is InChI=1S/C27H37N5O3/c1-20-16-23(29-35-20)28-24(33)18-31-19-26(32(25(31)34)17-21-8-7-9-21)12-14-27(15-13-26,30(2)3)22-10-5-4-6-11-22/h4-6,10-11,16,21H,7-9,12-15,17-19H2,1-3H3,(H,28,29,33)/t26-,27-. The van der Waals surface area contributed by atoms with Crippen LogP contribution < -0.4 is 5.32 Å². The number of carbonyl (C=O) groups is 2. The molecule has 35 heavy (non-hydrogen) atoms. The first-order chi connectivity index (χ1) is 16.8. The minimum atomic E-state index is -0.241. The second kappa shape index (κ2) is 9.30. The highest BCUT2D eigenvalue weighted by atomic mass is 16.5. The fourth-order valence-electron chi connectivity index (χ4n) is 6.29. The summed E-state index contributed by atoms with van der Waals surface area (Å²) in [7, 11) is 4.33. The number of rotatable bonds is 7. The Morgan fingerprint density at radius 1 is 1.17 bits per heavy atom. The fourth-order valence-corrected chi connectivity index (χ4v) is 6.29. The van der Waals surface area contributed by atoms with E-state index >= 15 is 0 Å². The minimum absolute atomic E-state index is 0.000414. The first kappa shape index (κ1) is 23.9. The summed E-state index contributed by atoms with van der Waals surface area (Å²) in [6.45, 7) is 3.22. The van der Waals surface area contributed by atoms with Crippen LogP contribution in [0.2, 0.25) is 0 Å². The lowest BCUT2D eigenvalue weighted by molar-refractivity contribution is -0.116. The monoisotopic (exact) mass is 479 g/mol. The summed E-state index contributed by atoms with van der Waals surface area (Å²) in [5.74, 6) is 1.36. The summed E-state index contributed by atoms with van der Waals surface area (Å²) in [6.07, 6.45) is 7.46. The van der Waals surface area contributed by atoms with E-state index in [2.05, 4.69) is 64.7 Å². The third-order valence-electron chi connectivity index (χ3n) is 8.63. The van der Waals surface area contributed by atoms with Crippen molar-refractivity contribution in [3.63, 3.8) is 0 Å². The van der Waals surface area contributed by atoms with Gasteiger partial charge in [-0.2, -0.15) is 0 Å². The van der Waals surface area contributed by atoms with Crippen molar-refractivity contribution < 1.29 is 14.1 Å². The van der Waals surface area contributed by atoms with Crippen LogP contribution in [0.3, 0.4) is 0 Å². The molecule has 2 heterocycles. The largest absolute Gasteiger partial charge is 0.360 e. The normalized spacial score (nSPS) is 27.0. The van der Waals surface area contributed by atoms with Gasteiger partial charge >= 0.3 is 6.03 Å². The van der Waals surface area contributed by atoms with E-state index in [0.717, 1.165) is 32.2 Å². The minimum Gasteiger partial charge on any atom is -0.360 e. The Morgan fingerprint density at radius 2 is 1.89 bits per heavy atom. The van der Waals surface area contributed by atoms with Crippen LogP contribution in [0.25, 0.3) is 0 Å². The van der Waals surface area contributed by atoms with E-state index in [-0.39, 0.29) is 29.6 Å². The molecule has 1 N–H and O–H groups in total. The molecule has 1 aromatic heterocycles. The van der Waals surface area contributed by atoms with Crippen molar-refractivity contribution in [3.05, 3.63) is 47.7 Å². The summed E-state index contributed by atoms with van der Waals surface area (Å²) >= 11 is 0. The highest BCUT2D eigenvalue weighted by molar-refractivity contribution is 5.94. The van der Waals surface area contributed by atoms with Crippen LogP contribution in [-0.2, 0) is 10.3 Å². The molecule has 3 aliphatic rings. The predicted molar refractivity (Wildman–Crippen MR) is 134 cm³/mol. The van der Waals surface area contributed by atoms with E-state index in [1.165, 1.54) is 24.8 Å². The molecule has 1 spiro atoms. The number of hydrogen-bond acceptors (Lipinski definition) is 5. The van der Waals surface area contributed by atoms with Crippen molar-refractivity contribution in [1.82, 2.24) is 19.9 Å². The lowest BCUT2D eigenvalue weighted by atomic mass is 9.68. The van der Waals surface area contributed by atoms with Gasteiger partial charge < -0.3 is 19.6 Å². The summed E-state index contributed by atoms with van der Waals surface area (Å²) in [5, 5.41) is 6.61. The van der Waals surface area contributed by atoms with Gasteiger partial charge in [0, 0.05) is 24.7 Å². The maximum absolute atomic E-state index is 13.6. The number of anilines is 1. The Kier molecular flexibility index (Phi) is 6.34. The number of carbonyl (C=O) groups excluding carboxylic acids is 2. The van der Waals surface area contributed by atoms with Gasteiger partial charge in [-0.25, -0.2) is 4.79 Å². The van der Waals surface area contributed by atoms with Crippen LogP contribution in [0, 0.1) is 12.8 Å². The van der Waals surface area contributed by atoms with Crippen molar-refractivity contribution in [2.75, 3.05) is 39.0 Å².